The van der Waals surface area contributed by atoms with Crippen molar-refractivity contribution in [3.63, 3.8) is 0 Å². The van der Waals surface area contributed by atoms with E-state index in [2.05, 4.69) is 88.4 Å². The first-order valence-electron chi connectivity index (χ1n) is 24.0. The molecule has 2 nitrogen and oxygen atoms in total. The summed E-state index contributed by atoms with van der Waals surface area (Å²) in [7, 11) is 0. The third kappa shape index (κ3) is 18.4. The first-order chi connectivity index (χ1) is 27.1. The van der Waals surface area contributed by atoms with Crippen molar-refractivity contribution in [2.75, 3.05) is 0 Å². The highest BCUT2D eigenvalue weighted by atomic mass is 15.2. The monoisotopic (exact) mass is 749 g/mol. The fourth-order valence-electron chi connectivity index (χ4n) is 8.36. The maximum absolute atomic E-state index is 12.1. The van der Waals surface area contributed by atoms with E-state index in [1.54, 1.807) is 4.70 Å². The standard InChI is InChI=1S/C53H84N2/c1-5-9-13-16-17-18-19-20-21-22-23-24-25-26-27-28-29-33-37-51-50(36-32-15-11-7-3)52(49-44-40-47(41-45-49)35-31-14-10-6-2)55(54)53(51)48-42-38-46(39-43-48)34-30-12-8-4/h33,37-45H,5-32,34-36H2,1-4H3. The van der Waals surface area contributed by atoms with Crippen molar-refractivity contribution in [2.45, 2.75) is 227 Å². The van der Waals surface area contributed by atoms with Gasteiger partial charge in [0, 0.05) is 16.7 Å². The minimum atomic E-state index is 0.951. The zero-order valence-electron chi connectivity index (χ0n) is 36.6. The number of benzene rings is 2. The third-order valence-corrected chi connectivity index (χ3v) is 11.9. The number of aryl methyl sites for hydroxylation is 2. The predicted molar refractivity (Wildman–Crippen MR) is 243 cm³/mol. The molecule has 306 valence electrons. The van der Waals surface area contributed by atoms with Crippen LogP contribution in [-0.4, -0.2) is 4.70 Å². The van der Waals surface area contributed by atoms with Crippen molar-refractivity contribution >= 4 is 11.4 Å². The molecule has 0 N–H and O–H groups in total. The van der Waals surface area contributed by atoms with E-state index in [-0.39, 0.29) is 0 Å². The molecule has 2 aromatic carbocycles. The fraction of sp³-hybridized carbons (Fsp3) is 0.660. The topological polar surface area (TPSA) is 25.3 Å². The Morgan fingerprint density at radius 1 is 0.400 bits per heavy atom. The molecular weight excluding hydrogens is 665 g/mol. The van der Waals surface area contributed by atoms with Crippen LogP contribution in [-0.2, 0) is 12.8 Å². The number of hydrogen-bond donors (Lipinski definition) is 0. The highest BCUT2D eigenvalue weighted by Crippen LogP contribution is 2.43. The van der Waals surface area contributed by atoms with Crippen LogP contribution in [0.4, 0.5) is 0 Å². The Morgan fingerprint density at radius 2 is 0.745 bits per heavy atom. The summed E-state index contributed by atoms with van der Waals surface area (Å²) in [5, 5.41) is 0. The summed E-state index contributed by atoms with van der Waals surface area (Å²) in [5.41, 5.74) is 21.6. The molecule has 0 fully saturated rings. The Balaban J connectivity index is 1.64. The van der Waals surface area contributed by atoms with E-state index in [0.29, 0.717) is 0 Å². The van der Waals surface area contributed by atoms with Gasteiger partial charge in [-0.15, -0.1) is 0 Å². The van der Waals surface area contributed by atoms with Gasteiger partial charge in [0.05, 0.1) is 5.57 Å². The normalized spacial score (nSPS) is 13.3. The van der Waals surface area contributed by atoms with E-state index in [9.17, 15) is 5.53 Å². The lowest BCUT2D eigenvalue weighted by Crippen LogP contribution is -2.03. The van der Waals surface area contributed by atoms with Crippen LogP contribution in [0.2, 0.25) is 0 Å². The van der Waals surface area contributed by atoms with Gasteiger partial charge in [0.1, 0.15) is 0 Å². The Labute approximate surface area is 341 Å². The lowest BCUT2D eigenvalue weighted by Gasteiger charge is -2.11. The molecular formula is C53H84N2. The van der Waals surface area contributed by atoms with Crippen LogP contribution < -0.4 is 0 Å². The molecule has 55 heavy (non-hydrogen) atoms. The molecule has 0 bridgehead atoms. The van der Waals surface area contributed by atoms with E-state index < -0.39 is 0 Å². The van der Waals surface area contributed by atoms with Gasteiger partial charge in [0.15, 0.2) is 0 Å². The van der Waals surface area contributed by atoms with Crippen molar-refractivity contribution in [2.24, 2.45) is 0 Å². The lowest BCUT2D eigenvalue weighted by atomic mass is 9.93. The molecule has 0 saturated carbocycles. The number of unbranched alkanes of at least 4 members (excludes halogenated alkanes) is 24. The Hall–Kier alpha value is -2.74. The van der Waals surface area contributed by atoms with E-state index >= 15 is 0 Å². The SMILES string of the molecule is CCCCCCCCCCCCCCCCCCC=CC1=C(c2ccc(CCCCC)cc2)[N+](=[N-])C(c2ccc(CCCCCC)cc2)=C1CCCCCC. The first-order valence-corrected chi connectivity index (χ1v) is 24.0. The van der Waals surface area contributed by atoms with Gasteiger partial charge in [0.2, 0.25) is 11.4 Å². The summed E-state index contributed by atoms with van der Waals surface area (Å²) in [6.45, 7) is 9.14. The van der Waals surface area contributed by atoms with Crippen molar-refractivity contribution < 1.29 is 4.70 Å². The van der Waals surface area contributed by atoms with Crippen LogP contribution in [0.1, 0.15) is 236 Å². The summed E-state index contributed by atoms with van der Waals surface area (Å²) in [4.78, 5) is 0. The maximum Gasteiger partial charge on any atom is 0.215 e. The molecule has 1 heterocycles. The number of rotatable bonds is 34. The first kappa shape index (κ1) is 46.6. The summed E-state index contributed by atoms with van der Waals surface area (Å²) >= 11 is 0. The highest BCUT2D eigenvalue weighted by Gasteiger charge is 2.34. The number of hydrogen-bond acceptors (Lipinski definition) is 0. The molecule has 0 aliphatic carbocycles. The van der Waals surface area contributed by atoms with Crippen LogP contribution in [0, 0.1) is 0 Å². The van der Waals surface area contributed by atoms with E-state index in [4.69, 9.17) is 0 Å². The van der Waals surface area contributed by atoms with Gasteiger partial charge in [-0.1, -0.05) is 212 Å². The Morgan fingerprint density at radius 3 is 1.20 bits per heavy atom. The molecule has 0 atom stereocenters. The fourth-order valence-corrected chi connectivity index (χ4v) is 8.36. The molecule has 0 spiro atoms. The quantitative estimate of drug-likeness (QED) is 0.0503. The second-order valence-electron chi connectivity index (χ2n) is 16.9. The molecule has 0 aromatic heterocycles. The Kier molecular flexibility index (Phi) is 25.8. The Bertz CT molecular complexity index is 1370. The average molecular weight is 749 g/mol. The zero-order chi connectivity index (χ0) is 39.2. The van der Waals surface area contributed by atoms with Crippen molar-refractivity contribution in [3.05, 3.63) is 99.6 Å². The average Bonchev–Trinajstić information content (AvgIpc) is 3.48. The van der Waals surface area contributed by atoms with Crippen molar-refractivity contribution in [1.82, 2.24) is 0 Å². The molecule has 1 aliphatic heterocycles. The molecule has 2 heteroatoms. The predicted octanol–water partition coefficient (Wildman–Crippen LogP) is 17.9. The second kappa shape index (κ2) is 30.4. The van der Waals surface area contributed by atoms with Crippen molar-refractivity contribution in [1.29, 1.82) is 0 Å². The zero-order valence-corrected chi connectivity index (χ0v) is 36.6. The largest absolute Gasteiger partial charge is 0.493 e. The summed E-state index contributed by atoms with van der Waals surface area (Å²) in [6, 6.07) is 18.2. The summed E-state index contributed by atoms with van der Waals surface area (Å²) in [5.74, 6) is 0. The minimum absolute atomic E-state index is 0.951. The highest BCUT2D eigenvalue weighted by molar-refractivity contribution is 5.84. The number of allylic oxidation sites excluding steroid dienone is 4. The lowest BCUT2D eigenvalue weighted by molar-refractivity contribution is -0.345. The minimum Gasteiger partial charge on any atom is -0.493 e. The van der Waals surface area contributed by atoms with Crippen LogP contribution in [0.3, 0.4) is 0 Å². The van der Waals surface area contributed by atoms with Gasteiger partial charge in [-0.25, -0.2) is 4.70 Å². The molecule has 0 saturated heterocycles. The van der Waals surface area contributed by atoms with Crippen molar-refractivity contribution in [3.8, 4) is 0 Å². The van der Waals surface area contributed by atoms with Gasteiger partial charge < -0.3 is 5.53 Å². The van der Waals surface area contributed by atoms with E-state index in [1.807, 2.05) is 0 Å². The van der Waals surface area contributed by atoms with Gasteiger partial charge >= 0.3 is 0 Å². The molecule has 0 unspecified atom stereocenters. The molecule has 3 rings (SSSR count). The van der Waals surface area contributed by atoms with Gasteiger partial charge in [-0.2, -0.15) is 0 Å². The van der Waals surface area contributed by atoms with Crippen LogP contribution in [0.25, 0.3) is 16.9 Å². The molecule has 0 radical (unpaired) electrons. The smallest absolute Gasteiger partial charge is 0.215 e. The van der Waals surface area contributed by atoms with Crippen LogP contribution in [0.5, 0.6) is 0 Å². The van der Waals surface area contributed by atoms with Gasteiger partial charge in [0.25, 0.3) is 0 Å². The summed E-state index contributed by atoms with van der Waals surface area (Å²) in [6.07, 6.45) is 45.3. The number of nitrogens with zero attached hydrogens (tertiary/aromatic N) is 2. The molecule has 2 aromatic rings. The summed E-state index contributed by atoms with van der Waals surface area (Å²) < 4.78 is 1.55. The van der Waals surface area contributed by atoms with E-state index in [1.165, 1.54) is 189 Å². The van der Waals surface area contributed by atoms with Gasteiger partial charge in [-0.3, -0.25) is 0 Å². The van der Waals surface area contributed by atoms with Crippen LogP contribution in [0.15, 0.2) is 71.8 Å². The van der Waals surface area contributed by atoms with Crippen LogP contribution >= 0.6 is 0 Å². The maximum atomic E-state index is 12.1. The second-order valence-corrected chi connectivity index (χ2v) is 16.9. The molecule has 0 amide bonds. The van der Waals surface area contributed by atoms with Gasteiger partial charge in [-0.05, 0) is 86.8 Å². The molecule has 1 aliphatic rings. The van der Waals surface area contributed by atoms with E-state index in [0.717, 1.165) is 54.6 Å². The third-order valence-electron chi connectivity index (χ3n) is 11.9.